The molecule has 1 aliphatic carbocycles. The first-order valence-corrected chi connectivity index (χ1v) is 7.40. The molecule has 1 aliphatic rings. The highest BCUT2D eigenvalue weighted by Gasteiger charge is 2.47. The maximum atomic E-state index is 12.5. The number of primary amides is 1. The monoisotopic (exact) mass is 322 g/mol. The van der Waals surface area contributed by atoms with Crippen LogP contribution in [0.3, 0.4) is 0 Å². The van der Waals surface area contributed by atoms with E-state index in [0.29, 0.717) is 12.1 Å². The second-order valence-electron chi connectivity index (χ2n) is 6.16. The first-order chi connectivity index (χ1) is 10.8. The van der Waals surface area contributed by atoms with Crippen LogP contribution in [0.5, 0.6) is 0 Å². The van der Waals surface area contributed by atoms with E-state index in [1.165, 1.54) is 0 Å². The fourth-order valence-corrected chi connectivity index (χ4v) is 3.12. The van der Waals surface area contributed by atoms with Gasteiger partial charge in [0.2, 0.25) is 5.91 Å². The molecule has 1 fully saturated rings. The highest BCUT2D eigenvalue weighted by Crippen LogP contribution is 2.45. The van der Waals surface area contributed by atoms with Crippen LogP contribution in [0.4, 0.5) is 13.2 Å². The lowest BCUT2D eigenvalue weighted by Gasteiger charge is -2.36. The Morgan fingerprint density at radius 1 is 1.30 bits per heavy atom. The molecule has 2 N–H and O–H groups in total. The molecule has 1 amide bonds. The fraction of sp³-hybridized carbons (Fsp3) is 0.353. The predicted molar refractivity (Wildman–Crippen MR) is 82.4 cm³/mol. The van der Waals surface area contributed by atoms with E-state index in [0.717, 1.165) is 10.9 Å². The third-order valence-electron chi connectivity index (χ3n) is 4.57. The van der Waals surface area contributed by atoms with Gasteiger partial charge in [-0.1, -0.05) is 12.6 Å². The average molecular weight is 322 g/mol. The summed E-state index contributed by atoms with van der Waals surface area (Å²) < 4.78 is 39.6. The summed E-state index contributed by atoms with van der Waals surface area (Å²) in [6.45, 7) is 4.23. The number of amides is 1. The van der Waals surface area contributed by atoms with Gasteiger partial charge in [0.15, 0.2) is 0 Å². The topological polar surface area (TPSA) is 48.0 Å². The normalized spacial score (nSPS) is 21.2. The highest BCUT2D eigenvalue weighted by atomic mass is 19.4. The number of fused-ring (bicyclic) bond motifs is 1. The van der Waals surface area contributed by atoms with Crippen LogP contribution in [0.1, 0.15) is 18.4 Å². The van der Waals surface area contributed by atoms with E-state index < -0.39 is 18.0 Å². The Hall–Kier alpha value is -2.24. The number of aromatic nitrogens is 1. The SMILES string of the molecule is C=C(C(N)=O)c1ccc2c(ccn2CC2CC(C(F)(F)F)C2)c1. The predicted octanol–water partition coefficient (Wildman–Crippen LogP) is 3.73. The second kappa shape index (κ2) is 5.44. The van der Waals surface area contributed by atoms with Crippen molar-refractivity contribution >= 4 is 22.4 Å². The number of hydrogen-bond donors (Lipinski definition) is 1. The molecule has 0 bridgehead atoms. The zero-order valence-corrected chi connectivity index (χ0v) is 12.4. The number of rotatable bonds is 4. The third-order valence-corrected chi connectivity index (χ3v) is 4.57. The van der Waals surface area contributed by atoms with Crippen LogP contribution < -0.4 is 5.73 Å². The Kier molecular flexibility index (Phi) is 3.70. The van der Waals surface area contributed by atoms with Gasteiger partial charge in [0.25, 0.3) is 0 Å². The van der Waals surface area contributed by atoms with Crippen molar-refractivity contribution in [2.24, 2.45) is 17.6 Å². The van der Waals surface area contributed by atoms with Crippen LogP contribution in [-0.2, 0) is 11.3 Å². The zero-order valence-electron chi connectivity index (χ0n) is 12.4. The lowest BCUT2D eigenvalue weighted by molar-refractivity contribution is -0.205. The Morgan fingerprint density at radius 3 is 2.61 bits per heavy atom. The van der Waals surface area contributed by atoms with E-state index in [1.54, 1.807) is 6.07 Å². The standard InChI is InChI=1S/C17H17F3N2O/c1-10(16(21)23)12-2-3-15-13(8-12)4-5-22(15)9-11-6-14(7-11)17(18,19)20/h2-5,8,11,14H,1,6-7,9H2,(H2,21,23). The van der Waals surface area contributed by atoms with E-state index in [1.807, 2.05) is 29.0 Å². The van der Waals surface area contributed by atoms with Crippen LogP contribution in [-0.4, -0.2) is 16.7 Å². The fourth-order valence-electron chi connectivity index (χ4n) is 3.12. The number of halogens is 3. The van der Waals surface area contributed by atoms with Gasteiger partial charge in [-0.15, -0.1) is 0 Å². The van der Waals surface area contributed by atoms with Gasteiger partial charge in [0.1, 0.15) is 0 Å². The molecule has 3 nitrogen and oxygen atoms in total. The number of carbonyl (C=O) groups is 1. The Balaban J connectivity index is 1.74. The molecule has 1 saturated carbocycles. The van der Waals surface area contributed by atoms with Crippen LogP contribution >= 0.6 is 0 Å². The summed E-state index contributed by atoms with van der Waals surface area (Å²) in [4.78, 5) is 11.2. The van der Waals surface area contributed by atoms with Gasteiger partial charge in [0.05, 0.1) is 5.92 Å². The van der Waals surface area contributed by atoms with Gasteiger partial charge in [-0.05, 0) is 42.5 Å². The lowest BCUT2D eigenvalue weighted by Crippen LogP contribution is -2.37. The molecule has 3 rings (SSSR count). The first kappa shape index (κ1) is 15.6. The number of nitrogens with zero attached hydrogens (tertiary/aromatic N) is 1. The second-order valence-corrected chi connectivity index (χ2v) is 6.16. The molecule has 0 saturated heterocycles. The van der Waals surface area contributed by atoms with Crippen molar-refractivity contribution < 1.29 is 18.0 Å². The highest BCUT2D eigenvalue weighted by molar-refractivity contribution is 6.18. The third kappa shape index (κ3) is 2.98. The van der Waals surface area contributed by atoms with Crippen molar-refractivity contribution in [3.05, 3.63) is 42.6 Å². The number of carbonyl (C=O) groups excluding carboxylic acids is 1. The minimum atomic E-state index is -4.07. The van der Waals surface area contributed by atoms with E-state index in [-0.39, 0.29) is 24.3 Å². The number of nitrogens with two attached hydrogens (primary N) is 1. The van der Waals surface area contributed by atoms with E-state index in [4.69, 9.17) is 5.73 Å². The van der Waals surface area contributed by atoms with Gasteiger partial charge in [0, 0.05) is 29.2 Å². The minimum Gasteiger partial charge on any atom is -0.366 e. The molecule has 2 aromatic rings. The Morgan fingerprint density at radius 2 is 2.00 bits per heavy atom. The summed E-state index contributed by atoms with van der Waals surface area (Å²) in [6.07, 6.45) is -1.82. The largest absolute Gasteiger partial charge is 0.391 e. The van der Waals surface area contributed by atoms with E-state index >= 15 is 0 Å². The Labute approximate surface area is 131 Å². The van der Waals surface area contributed by atoms with Crippen molar-refractivity contribution in [1.29, 1.82) is 0 Å². The lowest BCUT2D eigenvalue weighted by atomic mass is 9.74. The summed E-state index contributed by atoms with van der Waals surface area (Å²) in [7, 11) is 0. The minimum absolute atomic E-state index is 0.0532. The number of hydrogen-bond acceptors (Lipinski definition) is 1. The van der Waals surface area contributed by atoms with Crippen LogP contribution in [0.2, 0.25) is 0 Å². The summed E-state index contributed by atoms with van der Waals surface area (Å²) >= 11 is 0. The molecular formula is C17H17F3N2O. The maximum absolute atomic E-state index is 12.5. The van der Waals surface area contributed by atoms with Crippen molar-refractivity contribution in [2.75, 3.05) is 0 Å². The molecule has 1 aromatic carbocycles. The molecule has 122 valence electrons. The zero-order chi connectivity index (χ0) is 16.8. The molecule has 0 aliphatic heterocycles. The van der Waals surface area contributed by atoms with E-state index in [9.17, 15) is 18.0 Å². The van der Waals surface area contributed by atoms with Gasteiger partial charge < -0.3 is 10.3 Å². The maximum Gasteiger partial charge on any atom is 0.391 e. The van der Waals surface area contributed by atoms with Gasteiger partial charge in [-0.3, -0.25) is 4.79 Å². The summed E-state index contributed by atoms with van der Waals surface area (Å²) in [5, 5.41) is 0.914. The number of alkyl halides is 3. The van der Waals surface area contributed by atoms with Gasteiger partial charge in [-0.25, -0.2) is 0 Å². The van der Waals surface area contributed by atoms with E-state index in [2.05, 4.69) is 6.58 Å². The van der Waals surface area contributed by atoms with Crippen molar-refractivity contribution in [1.82, 2.24) is 4.57 Å². The van der Waals surface area contributed by atoms with Crippen molar-refractivity contribution in [2.45, 2.75) is 25.6 Å². The molecule has 1 aromatic heterocycles. The molecular weight excluding hydrogens is 305 g/mol. The molecule has 0 unspecified atom stereocenters. The summed E-state index contributed by atoms with van der Waals surface area (Å²) in [6, 6.07) is 7.30. The smallest absolute Gasteiger partial charge is 0.366 e. The van der Waals surface area contributed by atoms with Gasteiger partial charge >= 0.3 is 6.18 Å². The van der Waals surface area contributed by atoms with Crippen LogP contribution in [0, 0.1) is 11.8 Å². The molecule has 0 spiro atoms. The summed E-state index contributed by atoms with van der Waals surface area (Å²) in [5.41, 5.74) is 7.05. The molecule has 1 heterocycles. The molecule has 23 heavy (non-hydrogen) atoms. The van der Waals surface area contributed by atoms with Crippen molar-refractivity contribution in [3.8, 4) is 0 Å². The molecule has 0 atom stereocenters. The molecule has 0 radical (unpaired) electrons. The average Bonchev–Trinajstić information content (AvgIpc) is 2.82. The first-order valence-electron chi connectivity index (χ1n) is 7.40. The Bertz CT molecular complexity index is 770. The summed E-state index contributed by atoms with van der Waals surface area (Å²) in [5.74, 6) is -1.67. The van der Waals surface area contributed by atoms with Gasteiger partial charge in [-0.2, -0.15) is 13.2 Å². The van der Waals surface area contributed by atoms with Crippen LogP contribution in [0.25, 0.3) is 16.5 Å². The van der Waals surface area contributed by atoms with Crippen molar-refractivity contribution in [3.63, 3.8) is 0 Å². The quantitative estimate of drug-likeness (QED) is 0.857. The van der Waals surface area contributed by atoms with Crippen LogP contribution in [0.15, 0.2) is 37.0 Å². The number of benzene rings is 1. The molecule has 6 heteroatoms.